The number of hydrogen-bond donors (Lipinski definition) is 0. The van der Waals surface area contributed by atoms with Crippen LogP contribution in [-0.4, -0.2) is 14.6 Å². The van der Waals surface area contributed by atoms with E-state index in [4.69, 9.17) is 0 Å². The zero-order valence-corrected chi connectivity index (χ0v) is 11.2. The predicted molar refractivity (Wildman–Crippen MR) is 72.0 cm³/mol. The number of nitrogens with zero attached hydrogens (tertiary/aromatic N) is 3. The molecule has 6 heteroatoms. The number of pyridine rings is 1. The van der Waals surface area contributed by atoms with Gasteiger partial charge in [0.1, 0.15) is 0 Å². The van der Waals surface area contributed by atoms with Gasteiger partial charge in [-0.1, -0.05) is 18.2 Å². The van der Waals surface area contributed by atoms with Crippen LogP contribution in [0.4, 0.5) is 13.2 Å². The van der Waals surface area contributed by atoms with Crippen molar-refractivity contribution >= 4 is 5.65 Å². The third-order valence-electron chi connectivity index (χ3n) is 3.24. The SMILES string of the molecule is Cc1cccn2nc(Cc3ccc(C(F)(F)F)cc3)nc12. The first-order valence-electron chi connectivity index (χ1n) is 6.40. The first-order valence-corrected chi connectivity index (χ1v) is 6.40. The Morgan fingerprint density at radius 3 is 2.43 bits per heavy atom. The highest BCUT2D eigenvalue weighted by molar-refractivity contribution is 5.46. The maximum atomic E-state index is 12.5. The maximum absolute atomic E-state index is 12.5. The minimum atomic E-state index is -4.31. The molecular weight excluding hydrogens is 279 g/mol. The average Bonchev–Trinajstić information content (AvgIpc) is 2.82. The van der Waals surface area contributed by atoms with Gasteiger partial charge in [-0.15, -0.1) is 0 Å². The van der Waals surface area contributed by atoms with E-state index in [1.165, 1.54) is 12.1 Å². The third-order valence-corrected chi connectivity index (χ3v) is 3.24. The second-order valence-electron chi connectivity index (χ2n) is 4.86. The second-order valence-corrected chi connectivity index (χ2v) is 4.86. The van der Waals surface area contributed by atoms with Crippen LogP contribution in [0.2, 0.25) is 0 Å². The molecule has 0 bridgehead atoms. The molecule has 3 aromatic rings. The summed E-state index contributed by atoms with van der Waals surface area (Å²) in [5, 5.41) is 4.32. The number of alkyl halides is 3. The highest BCUT2D eigenvalue weighted by Crippen LogP contribution is 2.29. The highest BCUT2D eigenvalue weighted by Gasteiger charge is 2.29. The number of aromatic nitrogens is 3. The molecule has 2 aromatic heterocycles. The van der Waals surface area contributed by atoms with Gasteiger partial charge in [0.2, 0.25) is 0 Å². The molecule has 0 saturated heterocycles. The van der Waals surface area contributed by atoms with E-state index in [-0.39, 0.29) is 0 Å². The molecule has 108 valence electrons. The van der Waals surface area contributed by atoms with Crippen molar-refractivity contribution in [3.8, 4) is 0 Å². The van der Waals surface area contributed by atoms with Gasteiger partial charge < -0.3 is 0 Å². The monoisotopic (exact) mass is 291 g/mol. The van der Waals surface area contributed by atoms with Gasteiger partial charge in [-0.25, -0.2) is 9.50 Å². The van der Waals surface area contributed by atoms with E-state index in [9.17, 15) is 13.2 Å². The van der Waals surface area contributed by atoms with Gasteiger partial charge >= 0.3 is 6.18 Å². The van der Waals surface area contributed by atoms with Gasteiger partial charge in [-0.2, -0.15) is 18.3 Å². The Bertz CT molecular complexity index is 773. The van der Waals surface area contributed by atoms with Crippen molar-refractivity contribution in [2.75, 3.05) is 0 Å². The van der Waals surface area contributed by atoms with Crippen LogP contribution in [0.5, 0.6) is 0 Å². The van der Waals surface area contributed by atoms with Crippen LogP contribution in [-0.2, 0) is 12.6 Å². The summed E-state index contributed by atoms with van der Waals surface area (Å²) >= 11 is 0. The van der Waals surface area contributed by atoms with Crippen molar-refractivity contribution in [2.24, 2.45) is 0 Å². The van der Waals surface area contributed by atoms with Gasteiger partial charge in [0.05, 0.1) is 5.56 Å². The van der Waals surface area contributed by atoms with Crippen LogP contribution >= 0.6 is 0 Å². The van der Waals surface area contributed by atoms with Crippen LogP contribution in [0.25, 0.3) is 5.65 Å². The first kappa shape index (κ1) is 13.6. The Hall–Kier alpha value is -2.37. The lowest BCUT2D eigenvalue weighted by Crippen LogP contribution is -2.04. The molecule has 0 spiro atoms. The summed E-state index contributed by atoms with van der Waals surface area (Å²) in [6.45, 7) is 1.94. The number of aryl methyl sites for hydroxylation is 1. The molecular formula is C15H12F3N3. The van der Waals surface area contributed by atoms with E-state index in [2.05, 4.69) is 10.1 Å². The lowest BCUT2D eigenvalue weighted by Gasteiger charge is -2.06. The molecule has 0 aliphatic carbocycles. The summed E-state index contributed by atoms with van der Waals surface area (Å²) in [4.78, 5) is 4.41. The lowest BCUT2D eigenvalue weighted by molar-refractivity contribution is -0.137. The normalized spacial score (nSPS) is 12.0. The summed E-state index contributed by atoms with van der Waals surface area (Å²) in [6.07, 6.45) is -2.11. The standard InChI is InChI=1S/C15H12F3N3/c1-10-3-2-8-21-14(10)19-13(20-21)9-11-4-6-12(7-5-11)15(16,17)18/h2-8H,9H2,1H3. The molecule has 0 saturated carbocycles. The van der Waals surface area contributed by atoms with Crippen LogP contribution in [0, 0.1) is 6.92 Å². The van der Waals surface area contributed by atoms with E-state index in [1.54, 1.807) is 10.7 Å². The van der Waals surface area contributed by atoms with E-state index in [0.29, 0.717) is 12.2 Å². The Balaban J connectivity index is 1.87. The minimum absolute atomic E-state index is 0.402. The molecule has 0 amide bonds. The number of rotatable bonds is 2. The van der Waals surface area contributed by atoms with E-state index in [0.717, 1.165) is 28.9 Å². The lowest BCUT2D eigenvalue weighted by atomic mass is 10.1. The van der Waals surface area contributed by atoms with Gasteiger partial charge in [0.25, 0.3) is 0 Å². The second kappa shape index (κ2) is 4.87. The largest absolute Gasteiger partial charge is 0.416 e. The smallest absolute Gasteiger partial charge is 0.221 e. The van der Waals surface area contributed by atoms with Gasteiger partial charge in [0, 0.05) is 12.6 Å². The Labute approximate surface area is 119 Å². The van der Waals surface area contributed by atoms with Crippen LogP contribution in [0.15, 0.2) is 42.6 Å². The Morgan fingerprint density at radius 2 is 1.81 bits per heavy atom. The molecule has 0 atom stereocenters. The van der Waals surface area contributed by atoms with E-state index < -0.39 is 11.7 Å². The van der Waals surface area contributed by atoms with Crippen molar-refractivity contribution in [3.05, 3.63) is 65.1 Å². The first-order chi connectivity index (χ1) is 9.93. The van der Waals surface area contributed by atoms with Gasteiger partial charge in [-0.05, 0) is 36.2 Å². The molecule has 0 unspecified atom stereocenters. The zero-order chi connectivity index (χ0) is 15.0. The Morgan fingerprint density at radius 1 is 1.10 bits per heavy atom. The van der Waals surface area contributed by atoms with Crippen molar-refractivity contribution in [2.45, 2.75) is 19.5 Å². The molecule has 21 heavy (non-hydrogen) atoms. The summed E-state index contributed by atoms with van der Waals surface area (Å²) in [6, 6.07) is 8.89. The molecule has 0 radical (unpaired) electrons. The summed E-state index contributed by atoms with van der Waals surface area (Å²) in [7, 11) is 0. The molecule has 3 nitrogen and oxygen atoms in total. The van der Waals surface area contributed by atoms with Crippen molar-refractivity contribution in [1.82, 2.24) is 14.6 Å². The molecule has 0 N–H and O–H groups in total. The number of halogens is 3. The summed E-state index contributed by atoms with van der Waals surface area (Å²) in [5.41, 5.74) is 1.87. The average molecular weight is 291 g/mol. The van der Waals surface area contributed by atoms with Crippen LogP contribution < -0.4 is 0 Å². The zero-order valence-electron chi connectivity index (χ0n) is 11.2. The molecule has 2 heterocycles. The molecule has 0 aliphatic heterocycles. The number of fused-ring (bicyclic) bond motifs is 1. The van der Waals surface area contributed by atoms with Gasteiger partial charge in [0.15, 0.2) is 11.5 Å². The molecule has 1 aromatic carbocycles. The predicted octanol–water partition coefficient (Wildman–Crippen LogP) is 3.65. The minimum Gasteiger partial charge on any atom is -0.221 e. The van der Waals surface area contributed by atoms with E-state index in [1.807, 2.05) is 19.1 Å². The fourth-order valence-electron chi connectivity index (χ4n) is 2.15. The van der Waals surface area contributed by atoms with Gasteiger partial charge in [-0.3, -0.25) is 0 Å². The fraction of sp³-hybridized carbons (Fsp3) is 0.200. The van der Waals surface area contributed by atoms with Crippen LogP contribution in [0.1, 0.15) is 22.5 Å². The molecule has 0 fully saturated rings. The quantitative estimate of drug-likeness (QED) is 0.721. The third kappa shape index (κ3) is 2.74. The number of hydrogen-bond acceptors (Lipinski definition) is 2. The topological polar surface area (TPSA) is 30.2 Å². The van der Waals surface area contributed by atoms with E-state index >= 15 is 0 Å². The van der Waals surface area contributed by atoms with Crippen LogP contribution in [0.3, 0.4) is 0 Å². The molecule has 0 aliphatic rings. The molecule has 3 rings (SSSR count). The summed E-state index contributed by atoms with van der Waals surface area (Å²) < 4.78 is 39.2. The van der Waals surface area contributed by atoms with Crippen molar-refractivity contribution in [3.63, 3.8) is 0 Å². The summed E-state index contributed by atoms with van der Waals surface area (Å²) in [5.74, 6) is 0.587. The van der Waals surface area contributed by atoms with Crippen molar-refractivity contribution < 1.29 is 13.2 Å². The Kier molecular flexibility index (Phi) is 3.16. The maximum Gasteiger partial charge on any atom is 0.416 e. The van der Waals surface area contributed by atoms with Crippen molar-refractivity contribution in [1.29, 1.82) is 0 Å². The fourth-order valence-corrected chi connectivity index (χ4v) is 2.15. The number of benzene rings is 1. The highest BCUT2D eigenvalue weighted by atomic mass is 19.4.